The van der Waals surface area contributed by atoms with Gasteiger partial charge in [0.1, 0.15) is 11.8 Å². The molecule has 24 heavy (non-hydrogen) atoms. The molecule has 1 aromatic carbocycles. The molecule has 3 rings (SSSR count). The number of rotatable bonds is 4. The van der Waals surface area contributed by atoms with Crippen LogP contribution in [0.25, 0.3) is 0 Å². The molecule has 2 aliphatic rings. The third-order valence-electron chi connectivity index (χ3n) is 4.36. The van der Waals surface area contributed by atoms with Crippen LogP contribution in [0.15, 0.2) is 24.3 Å². The van der Waals surface area contributed by atoms with Gasteiger partial charge in [-0.05, 0) is 31.4 Å². The third kappa shape index (κ3) is 3.63. The number of nitrogens with zero attached hydrogens (tertiary/aromatic N) is 1. The van der Waals surface area contributed by atoms with Crippen molar-refractivity contribution in [3.63, 3.8) is 0 Å². The van der Waals surface area contributed by atoms with Gasteiger partial charge in [-0.3, -0.25) is 9.59 Å². The molecule has 0 spiro atoms. The van der Waals surface area contributed by atoms with Crippen LogP contribution in [-0.4, -0.2) is 30.8 Å². The molecule has 2 amide bonds. The molecule has 1 aromatic rings. The second-order valence-electron chi connectivity index (χ2n) is 6.01. The van der Waals surface area contributed by atoms with Gasteiger partial charge in [0.25, 0.3) is 0 Å². The minimum Gasteiger partial charge on any atom is -0.406 e. The van der Waals surface area contributed by atoms with Crippen molar-refractivity contribution in [3.05, 3.63) is 24.3 Å². The molecule has 1 saturated heterocycles. The summed E-state index contributed by atoms with van der Waals surface area (Å²) >= 11 is 0. The van der Waals surface area contributed by atoms with Crippen molar-refractivity contribution in [2.45, 2.75) is 38.1 Å². The smallest absolute Gasteiger partial charge is 0.406 e. The largest absolute Gasteiger partial charge is 0.573 e. The second-order valence-corrected chi connectivity index (χ2v) is 6.01. The lowest BCUT2D eigenvalue weighted by Gasteiger charge is -2.25. The Morgan fingerprint density at radius 1 is 1.25 bits per heavy atom. The lowest BCUT2D eigenvalue weighted by molar-refractivity contribution is -0.274. The molecule has 130 valence electrons. The van der Waals surface area contributed by atoms with Crippen LogP contribution in [-0.2, 0) is 9.59 Å². The molecule has 0 radical (unpaired) electrons. The molecule has 1 aliphatic heterocycles. The summed E-state index contributed by atoms with van der Waals surface area (Å²) in [5.74, 6) is -0.826. The van der Waals surface area contributed by atoms with Gasteiger partial charge in [-0.25, -0.2) is 0 Å². The fourth-order valence-corrected chi connectivity index (χ4v) is 2.88. The first-order chi connectivity index (χ1) is 11.3. The molecule has 1 saturated carbocycles. The SMILES string of the molecule is O=C(N[C@@H]1CCN(c2cccc(OC(F)(F)F)c2)C1=O)C1CCC1. The predicted molar refractivity (Wildman–Crippen MR) is 79.4 cm³/mol. The molecule has 0 bridgehead atoms. The summed E-state index contributed by atoms with van der Waals surface area (Å²) < 4.78 is 40.8. The lowest BCUT2D eigenvalue weighted by atomic mass is 9.84. The Morgan fingerprint density at radius 2 is 2.00 bits per heavy atom. The van der Waals surface area contributed by atoms with Crippen LogP contribution in [0.2, 0.25) is 0 Å². The quantitative estimate of drug-likeness (QED) is 0.915. The van der Waals surface area contributed by atoms with Crippen LogP contribution in [0.1, 0.15) is 25.7 Å². The van der Waals surface area contributed by atoms with E-state index in [0.29, 0.717) is 18.7 Å². The second kappa shape index (κ2) is 6.33. The van der Waals surface area contributed by atoms with Crippen LogP contribution in [0.5, 0.6) is 5.75 Å². The van der Waals surface area contributed by atoms with Gasteiger partial charge in [-0.2, -0.15) is 0 Å². The summed E-state index contributed by atoms with van der Waals surface area (Å²) in [6, 6.07) is 4.65. The van der Waals surface area contributed by atoms with Gasteiger partial charge in [0.2, 0.25) is 11.8 Å². The Hall–Kier alpha value is -2.25. The molecule has 8 heteroatoms. The number of carbonyl (C=O) groups excluding carboxylic acids is 2. The number of hydrogen-bond acceptors (Lipinski definition) is 3. The van der Waals surface area contributed by atoms with Crippen molar-refractivity contribution in [2.75, 3.05) is 11.4 Å². The van der Waals surface area contributed by atoms with E-state index in [9.17, 15) is 22.8 Å². The number of anilines is 1. The third-order valence-corrected chi connectivity index (χ3v) is 4.36. The average molecular weight is 342 g/mol. The number of halogens is 3. The highest BCUT2D eigenvalue weighted by Gasteiger charge is 2.36. The van der Waals surface area contributed by atoms with Crippen molar-refractivity contribution in [1.82, 2.24) is 5.32 Å². The fraction of sp³-hybridized carbons (Fsp3) is 0.500. The monoisotopic (exact) mass is 342 g/mol. The maximum absolute atomic E-state index is 12.4. The molecule has 0 unspecified atom stereocenters. The highest BCUT2D eigenvalue weighted by molar-refractivity contribution is 6.01. The van der Waals surface area contributed by atoms with E-state index in [2.05, 4.69) is 10.1 Å². The molecular weight excluding hydrogens is 325 g/mol. The number of nitrogens with one attached hydrogen (secondary N) is 1. The van der Waals surface area contributed by atoms with E-state index < -0.39 is 12.4 Å². The van der Waals surface area contributed by atoms with Gasteiger partial charge < -0.3 is 15.0 Å². The summed E-state index contributed by atoms with van der Waals surface area (Å²) in [5, 5.41) is 2.74. The Labute approximate surface area is 136 Å². The molecular formula is C16H17F3N2O3. The minimum absolute atomic E-state index is 0.0182. The Kier molecular flexibility index (Phi) is 4.38. The molecule has 5 nitrogen and oxygen atoms in total. The zero-order valence-electron chi connectivity index (χ0n) is 12.8. The van der Waals surface area contributed by atoms with Crippen LogP contribution in [0.3, 0.4) is 0 Å². The molecule has 1 heterocycles. The number of ether oxygens (including phenoxy) is 1. The first-order valence-electron chi connectivity index (χ1n) is 7.81. The first kappa shape index (κ1) is 16.6. The van der Waals surface area contributed by atoms with Gasteiger partial charge in [0, 0.05) is 24.2 Å². The summed E-state index contributed by atoms with van der Waals surface area (Å²) in [7, 11) is 0. The number of amides is 2. The average Bonchev–Trinajstić information content (AvgIpc) is 2.76. The minimum atomic E-state index is -4.78. The van der Waals surface area contributed by atoms with E-state index in [1.54, 1.807) is 0 Å². The summed E-state index contributed by atoms with van der Waals surface area (Å²) in [4.78, 5) is 25.7. The lowest BCUT2D eigenvalue weighted by Crippen LogP contribution is -2.45. The van der Waals surface area contributed by atoms with E-state index >= 15 is 0 Å². The van der Waals surface area contributed by atoms with Gasteiger partial charge in [0.05, 0.1) is 0 Å². The topological polar surface area (TPSA) is 58.6 Å². The highest BCUT2D eigenvalue weighted by Crippen LogP contribution is 2.30. The molecule has 2 fully saturated rings. The normalized spacial score (nSPS) is 21.5. The standard InChI is InChI=1S/C16H17F3N2O3/c17-16(18,19)24-12-6-2-5-11(9-12)21-8-7-13(15(21)23)20-14(22)10-3-1-4-10/h2,5-6,9-10,13H,1,3-4,7-8H2,(H,20,22)/t13-/m1/s1. The molecule has 0 aromatic heterocycles. The summed E-state index contributed by atoms with van der Waals surface area (Å²) in [6.45, 7) is 0.337. The van der Waals surface area contributed by atoms with E-state index in [1.807, 2.05) is 0 Å². The summed E-state index contributed by atoms with van der Waals surface area (Å²) in [5.41, 5.74) is 0.321. The Morgan fingerprint density at radius 3 is 2.62 bits per heavy atom. The maximum Gasteiger partial charge on any atom is 0.573 e. The van der Waals surface area contributed by atoms with E-state index in [1.165, 1.54) is 29.2 Å². The molecule has 1 atom stereocenters. The van der Waals surface area contributed by atoms with Gasteiger partial charge >= 0.3 is 6.36 Å². The van der Waals surface area contributed by atoms with Crippen LogP contribution in [0, 0.1) is 5.92 Å². The van der Waals surface area contributed by atoms with Gasteiger partial charge in [0.15, 0.2) is 0 Å². The van der Waals surface area contributed by atoms with E-state index in [0.717, 1.165) is 19.3 Å². The number of carbonyl (C=O) groups is 2. The Bertz CT molecular complexity index is 644. The van der Waals surface area contributed by atoms with Crippen LogP contribution < -0.4 is 15.0 Å². The zero-order valence-corrected chi connectivity index (χ0v) is 12.8. The Balaban J connectivity index is 1.66. The van der Waals surface area contributed by atoms with Gasteiger partial charge in [-0.15, -0.1) is 13.2 Å². The van der Waals surface area contributed by atoms with Crippen LogP contribution >= 0.6 is 0 Å². The van der Waals surface area contributed by atoms with E-state index in [-0.39, 0.29) is 23.5 Å². The molecule has 1 N–H and O–H groups in total. The van der Waals surface area contributed by atoms with Crippen molar-refractivity contribution < 1.29 is 27.5 Å². The van der Waals surface area contributed by atoms with Crippen molar-refractivity contribution in [2.24, 2.45) is 5.92 Å². The van der Waals surface area contributed by atoms with Gasteiger partial charge in [-0.1, -0.05) is 12.5 Å². The predicted octanol–water partition coefficient (Wildman–Crippen LogP) is 2.61. The van der Waals surface area contributed by atoms with Crippen molar-refractivity contribution in [3.8, 4) is 5.75 Å². The zero-order chi connectivity index (χ0) is 17.3. The number of alkyl halides is 3. The molecule has 1 aliphatic carbocycles. The number of hydrogen-bond donors (Lipinski definition) is 1. The number of benzene rings is 1. The summed E-state index contributed by atoms with van der Waals surface area (Å²) in [6.07, 6.45) is -1.65. The first-order valence-corrected chi connectivity index (χ1v) is 7.81. The highest BCUT2D eigenvalue weighted by atomic mass is 19.4. The van der Waals surface area contributed by atoms with E-state index in [4.69, 9.17) is 0 Å². The van der Waals surface area contributed by atoms with Crippen LogP contribution in [0.4, 0.5) is 18.9 Å². The fourth-order valence-electron chi connectivity index (χ4n) is 2.88. The van der Waals surface area contributed by atoms with Crippen molar-refractivity contribution in [1.29, 1.82) is 0 Å². The van der Waals surface area contributed by atoms with Crippen molar-refractivity contribution >= 4 is 17.5 Å². The maximum atomic E-state index is 12.4.